The molecule has 1 fully saturated rings. The maximum atomic E-state index is 5.58. The lowest BCUT2D eigenvalue weighted by Crippen LogP contribution is -2.45. The molecule has 1 atom stereocenters. The maximum absolute atomic E-state index is 5.58. The highest BCUT2D eigenvalue weighted by Gasteiger charge is 2.27. The Kier molecular flexibility index (Phi) is 6.40. The van der Waals surface area contributed by atoms with Gasteiger partial charge in [-0.3, -0.25) is 4.90 Å². The van der Waals surface area contributed by atoms with Gasteiger partial charge < -0.3 is 19.5 Å². The standard InChI is InChI=1S/C20H25BrN2O3/c1-24-17-12-14(13-18(25-2)20(17)26-3)19(23-10-8-22-9-11-23)15-6-4-5-7-16(15)21/h4-7,12-13,19,22H,8-11H2,1-3H3. The predicted molar refractivity (Wildman–Crippen MR) is 107 cm³/mol. The molecule has 0 bridgehead atoms. The van der Waals surface area contributed by atoms with Crippen LogP contribution in [0.4, 0.5) is 0 Å². The van der Waals surface area contributed by atoms with E-state index in [1.54, 1.807) is 21.3 Å². The summed E-state index contributed by atoms with van der Waals surface area (Å²) in [6.45, 7) is 3.90. The SMILES string of the molecule is COc1cc(C(c2ccccc2Br)N2CCNCC2)cc(OC)c1OC. The average molecular weight is 421 g/mol. The molecule has 1 unspecified atom stereocenters. The Hall–Kier alpha value is -1.76. The zero-order valence-electron chi connectivity index (χ0n) is 15.4. The van der Waals surface area contributed by atoms with E-state index in [1.165, 1.54) is 5.56 Å². The fourth-order valence-electron chi connectivity index (χ4n) is 3.48. The summed E-state index contributed by atoms with van der Waals surface area (Å²) in [6, 6.07) is 12.6. The molecule has 2 aromatic carbocycles. The van der Waals surface area contributed by atoms with Gasteiger partial charge in [0.05, 0.1) is 27.4 Å². The molecule has 0 radical (unpaired) electrons. The maximum Gasteiger partial charge on any atom is 0.203 e. The molecule has 1 aliphatic rings. The van der Waals surface area contributed by atoms with Crippen LogP contribution < -0.4 is 19.5 Å². The zero-order valence-corrected chi connectivity index (χ0v) is 17.0. The van der Waals surface area contributed by atoms with E-state index in [2.05, 4.69) is 44.3 Å². The molecule has 0 aromatic heterocycles. The van der Waals surface area contributed by atoms with E-state index in [0.29, 0.717) is 17.2 Å². The molecule has 140 valence electrons. The summed E-state index contributed by atoms with van der Waals surface area (Å²) in [5.41, 5.74) is 2.34. The van der Waals surface area contributed by atoms with E-state index in [4.69, 9.17) is 14.2 Å². The van der Waals surface area contributed by atoms with Crippen LogP contribution in [0, 0.1) is 0 Å². The summed E-state index contributed by atoms with van der Waals surface area (Å²) in [4.78, 5) is 2.48. The first-order valence-corrected chi connectivity index (χ1v) is 9.48. The highest BCUT2D eigenvalue weighted by atomic mass is 79.9. The number of nitrogens with one attached hydrogen (secondary N) is 1. The van der Waals surface area contributed by atoms with Crippen molar-refractivity contribution in [3.63, 3.8) is 0 Å². The minimum absolute atomic E-state index is 0.0985. The molecule has 0 amide bonds. The van der Waals surface area contributed by atoms with E-state index in [1.807, 2.05) is 18.2 Å². The van der Waals surface area contributed by atoms with Crippen LogP contribution in [0.2, 0.25) is 0 Å². The first-order valence-electron chi connectivity index (χ1n) is 8.68. The van der Waals surface area contributed by atoms with Gasteiger partial charge in [0.2, 0.25) is 5.75 Å². The topological polar surface area (TPSA) is 43.0 Å². The monoisotopic (exact) mass is 420 g/mol. The molecule has 6 heteroatoms. The first-order chi connectivity index (χ1) is 12.7. The smallest absolute Gasteiger partial charge is 0.203 e. The van der Waals surface area contributed by atoms with Gasteiger partial charge in [0.15, 0.2) is 11.5 Å². The average Bonchev–Trinajstić information content (AvgIpc) is 2.69. The van der Waals surface area contributed by atoms with Crippen molar-refractivity contribution in [2.75, 3.05) is 47.5 Å². The predicted octanol–water partition coefficient (Wildman–Crippen LogP) is 3.47. The molecule has 5 nitrogen and oxygen atoms in total. The number of hydrogen-bond acceptors (Lipinski definition) is 5. The molecule has 0 spiro atoms. The minimum Gasteiger partial charge on any atom is -0.493 e. The third-order valence-electron chi connectivity index (χ3n) is 4.72. The first kappa shape index (κ1) is 19.0. The van der Waals surface area contributed by atoms with Crippen LogP contribution in [0.3, 0.4) is 0 Å². The molecule has 3 rings (SSSR count). The molecule has 1 aliphatic heterocycles. The molecule has 26 heavy (non-hydrogen) atoms. The van der Waals surface area contributed by atoms with Gasteiger partial charge in [0.25, 0.3) is 0 Å². The summed E-state index contributed by atoms with van der Waals surface area (Å²) in [5, 5.41) is 3.43. The van der Waals surface area contributed by atoms with Gasteiger partial charge in [-0.25, -0.2) is 0 Å². The van der Waals surface area contributed by atoms with Crippen LogP contribution in [-0.2, 0) is 0 Å². The van der Waals surface area contributed by atoms with Crippen molar-refractivity contribution in [3.05, 3.63) is 52.0 Å². The Bertz CT molecular complexity index is 723. The van der Waals surface area contributed by atoms with Gasteiger partial charge >= 0.3 is 0 Å². The van der Waals surface area contributed by atoms with Gasteiger partial charge in [0, 0.05) is 30.7 Å². The van der Waals surface area contributed by atoms with Gasteiger partial charge in [-0.1, -0.05) is 34.1 Å². The summed E-state index contributed by atoms with van der Waals surface area (Å²) >= 11 is 3.73. The van der Waals surface area contributed by atoms with Crippen LogP contribution in [0.1, 0.15) is 17.2 Å². The van der Waals surface area contributed by atoms with Crippen molar-refractivity contribution >= 4 is 15.9 Å². The van der Waals surface area contributed by atoms with E-state index in [9.17, 15) is 0 Å². The number of hydrogen-bond donors (Lipinski definition) is 1. The lowest BCUT2D eigenvalue weighted by molar-refractivity contribution is 0.197. The fourth-order valence-corrected chi connectivity index (χ4v) is 3.99. The number of ether oxygens (including phenoxy) is 3. The molecule has 1 N–H and O–H groups in total. The molecule has 1 saturated heterocycles. The van der Waals surface area contributed by atoms with Crippen LogP contribution in [0.25, 0.3) is 0 Å². The van der Waals surface area contributed by atoms with E-state index < -0.39 is 0 Å². The zero-order chi connectivity index (χ0) is 18.5. The van der Waals surface area contributed by atoms with Gasteiger partial charge in [-0.2, -0.15) is 0 Å². The van der Waals surface area contributed by atoms with Crippen molar-refractivity contribution in [2.24, 2.45) is 0 Å². The van der Waals surface area contributed by atoms with Crippen molar-refractivity contribution < 1.29 is 14.2 Å². The third-order valence-corrected chi connectivity index (χ3v) is 5.44. The Balaban J connectivity index is 2.14. The molecule has 0 saturated carbocycles. The highest BCUT2D eigenvalue weighted by Crippen LogP contribution is 2.43. The Morgan fingerprint density at radius 2 is 1.58 bits per heavy atom. The number of benzene rings is 2. The largest absolute Gasteiger partial charge is 0.493 e. The highest BCUT2D eigenvalue weighted by molar-refractivity contribution is 9.10. The molecular formula is C20H25BrN2O3. The summed E-state index contributed by atoms with van der Waals surface area (Å²) < 4.78 is 17.7. The molecule has 1 heterocycles. The second-order valence-electron chi connectivity index (χ2n) is 6.17. The number of halogens is 1. The quantitative estimate of drug-likeness (QED) is 0.774. The number of nitrogens with zero attached hydrogens (tertiary/aromatic N) is 1. The van der Waals surface area contributed by atoms with Crippen LogP contribution in [0.5, 0.6) is 17.2 Å². The van der Waals surface area contributed by atoms with Crippen molar-refractivity contribution in [3.8, 4) is 17.2 Å². The summed E-state index contributed by atoms with van der Waals surface area (Å²) in [6.07, 6.45) is 0. The van der Waals surface area contributed by atoms with Crippen LogP contribution >= 0.6 is 15.9 Å². The van der Waals surface area contributed by atoms with Crippen LogP contribution in [0.15, 0.2) is 40.9 Å². The van der Waals surface area contributed by atoms with E-state index >= 15 is 0 Å². The third kappa shape index (κ3) is 3.82. The second-order valence-corrected chi connectivity index (χ2v) is 7.02. The Morgan fingerprint density at radius 1 is 0.962 bits per heavy atom. The van der Waals surface area contributed by atoms with Crippen molar-refractivity contribution in [2.45, 2.75) is 6.04 Å². The number of piperazine rings is 1. The van der Waals surface area contributed by atoms with Crippen LogP contribution in [-0.4, -0.2) is 52.4 Å². The fraction of sp³-hybridized carbons (Fsp3) is 0.400. The normalized spacial score (nSPS) is 16.2. The number of methoxy groups -OCH3 is 3. The number of rotatable bonds is 6. The van der Waals surface area contributed by atoms with Crippen molar-refractivity contribution in [1.82, 2.24) is 10.2 Å². The second kappa shape index (κ2) is 8.75. The summed E-state index contributed by atoms with van der Waals surface area (Å²) in [5.74, 6) is 1.97. The lowest BCUT2D eigenvalue weighted by atomic mass is 9.95. The summed E-state index contributed by atoms with van der Waals surface area (Å²) in [7, 11) is 4.93. The van der Waals surface area contributed by atoms with Crippen molar-refractivity contribution in [1.29, 1.82) is 0 Å². The van der Waals surface area contributed by atoms with Gasteiger partial charge in [-0.05, 0) is 29.3 Å². The van der Waals surface area contributed by atoms with E-state index in [0.717, 1.165) is 36.2 Å². The van der Waals surface area contributed by atoms with E-state index in [-0.39, 0.29) is 6.04 Å². The van der Waals surface area contributed by atoms with Gasteiger partial charge in [-0.15, -0.1) is 0 Å². The molecule has 2 aromatic rings. The minimum atomic E-state index is 0.0985. The lowest BCUT2D eigenvalue weighted by Gasteiger charge is -2.36. The molecular weight excluding hydrogens is 396 g/mol. The molecule has 0 aliphatic carbocycles. The van der Waals surface area contributed by atoms with Gasteiger partial charge in [0.1, 0.15) is 0 Å². The Labute approximate surface area is 163 Å². The Morgan fingerprint density at radius 3 is 2.12 bits per heavy atom.